The number of carbonyl (C=O) groups is 2. The highest BCUT2D eigenvalue weighted by atomic mass is 35.5. The molecule has 1 fully saturated rings. The molecule has 1 unspecified atom stereocenters. The number of thiophene rings is 1. The summed E-state index contributed by atoms with van der Waals surface area (Å²) in [5.41, 5.74) is 0.231. The number of halogens is 2. The Balaban J connectivity index is 1.67. The molecule has 3 rings (SSSR count). The van der Waals surface area contributed by atoms with E-state index >= 15 is 0 Å². The lowest BCUT2D eigenvalue weighted by atomic mass is 10.1. The number of nitrogens with zero attached hydrogens (tertiary/aromatic N) is 2. The Kier molecular flexibility index (Phi) is 6.67. The van der Waals surface area contributed by atoms with E-state index in [1.165, 1.54) is 24.4 Å². The van der Waals surface area contributed by atoms with Crippen LogP contribution in [0, 0.1) is 5.92 Å². The summed E-state index contributed by atoms with van der Waals surface area (Å²) in [4.78, 5) is 30.2. The van der Waals surface area contributed by atoms with Crippen molar-refractivity contribution in [2.45, 2.75) is 17.6 Å². The van der Waals surface area contributed by atoms with Crippen LogP contribution in [0.3, 0.4) is 0 Å². The lowest BCUT2D eigenvalue weighted by Crippen LogP contribution is -2.36. The minimum Gasteiger partial charge on any atom is -0.462 e. The van der Waals surface area contributed by atoms with Crippen LogP contribution in [0.2, 0.25) is 9.36 Å². The maximum atomic E-state index is 12.5. The van der Waals surface area contributed by atoms with Crippen molar-refractivity contribution >= 4 is 62.3 Å². The largest absolute Gasteiger partial charge is 0.462 e. The smallest absolute Gasteiger partial charge is 0.339 e. The van der Waals surface area contributed by atoms with Gasteiger partial charge in [0.1, 0.15) is 10.0 Å². The molecule has 29 heavy (non-hydrogen) atoms. The quantitative estimate of drug-likeness (QED) is 0.637. The third-order valence-electron chi connectivity index (χ3n) is 4.24. The molecule has 156 valence electrons. The molecule has 1 aliphatic heterocycles. The number of anilines is 1. The summed E-state index contributed by atoms with van der Waals surface area (Å²) >= 11 is 12.9. The number of nitrogens with one attached hydrogen (secondary N) is 1. The Hall–Kier alpha value is -1.88. The van der Waals surface area contributed by atoms with Gasteiger partial charge in [0.25, 0.3) is 10.0 Å². The van der Waals surface area contributed by atoms with Crippen LogP contribution in [0.4, 0.5) is 5.82 Å². The third kappa shape index (κ3) is 5.00. The Morgan fingerprint density at radius 3 is 2.76 bits per heavy atom. The van der Waals surface area contributed by atoms with Crippen molar-refractivity contribution in [2.75, 3.05) is 24.6 Å². The van der Waals surface area contributed by atoms with Gasteiger partial charge < -0.3 is 9.64 Å². The fraction of sp³-hybridized carbons (Fsp3) is 0.353. The number of esters is 1. The molecule has 1 saturated heterocycles. The monoisotopic (exact) mass is 477 g/mol. The molecule has 12 heteroatoms. The molecule has 2 aromatic rings. The number of aromatic nitrogens is 1. The van der Waals surface area contributed by atoms with E-state index in [2.05, 4.69) is 9.71 Å². The van der Waals surface area contributed by atoms with Crippen molar-refractivity contribution in [1.82, 2.24) is 9.71 Å². The molecule has 0 bridgehead atoms. The molecule has 2 aromatic heterocycles. The van der Waals surface area contributed by atoms with Crippen LogP contribution in [0.25, 0.3) is 0 Å². The molecular formula is C17H17Cl2N3O5S2. The van der Waals surface area contributed by atoms with E-state index in [1.807, 2.05) is 0 Å². The molecule has 0 aromatic carbocycles. The highest BCUT2D eigenvalue weighted by Gasteiger charge is 2.33. The topological polar surface area (TPSA) is 106 Å². The van der Waals surface area contributed by atoms with Crippen molar-refractivity contribution in [3.63, 3.8) is 0 Å². The van der Waals surface area contributed by atoms with Crippen LogP contribution in [0.15, 0.2) is 28.6 Å². The third-order valence-corrected chi connectivity index (χ3v) is 7.59. The average Bonchev–Trinajstić information content (AvgIpc) is 3.31. The van der Waals surface area contributed by atoms with Crippen molar-refractivity contribution in [1.29, 1.82) is 0 Å². The summed E-state index contributed by atoms with van der Waals surface area (Å²) in [6, 6.07) is 4.26. The molecule has 0 saturated carbocycles. The molecule has 0 radical (unpaired) electrons. The van der Waals surface area contributed by atoms with Gasteiger partial charge in [-0.1, -0.05) is 23.2 Å². The number of sulfonamides is 1. The molecule has 1 aliphatic rings. The molecule has 3 heterocycles. The van der Waals surface area contributed by atoms with Gasteiger partial charge in [0.15, 0.2) is 0 Å². The molecule has 1 N–H and O–H groups in total. The van der Waals surface area contributed by atoms with Gasteiger partial charge in [-0.25, -0.2) is 22.9 Å². The normalized spacial score (nSPS) is 16.7. The number of pyridine rings is 1. The molecule has 1 atom stereocenters. The summed E-state index contributed by atoms with van der Waals surface area (Å²) in [6.07, 6.45) is 1.79. The van der Waals surface area contributed by atoms with Crippen molar-refractivity contribution in [3.8, 4) is 0 Å². The molecule has 8 nitrogen and oxygen atoms in total. The number of rotatable bonds is 6. The predicted octanol–water partition coefficient (Wildman–Crippen LogP) is 2.96. The lowest BCUT2D eigenvalue weighted by molar-refractivity contribution is -0.122. The van der Waals surface area contributed by atoms with Crippen LogP contribution in [-0.2, 0) is 19.6 Å². The first kappa shape index (κ1) is 21.8. The van der Waals surface area contributed by atoms with Crippen LogP contribution in [-0.4, -0.2) is 45.0 Å². The van der Waals surface area contributed by atoms with E-state index in [0.717, 1.165) is 11.3 Å². The standard InChI is InChI=1S/C17H17Cl2N3O5S2/c1-2-27-17(24)11-7-12(18)15(20-8-11)22-6-5-10(9-22)16(23)21-29(25,26)14-4-3-13(19)28-14/h3-4,7-8,10H,2,5-6,9H2,1H3,(H,21,23). The Morgan fingerprint density at radius 1 is 1.38 bits per heavy atom. The van der Waals surface area contributed by atoms with Gasteiger partial charge in [-0.2, -0.15) is 0 Å². The Labute approximate surface area is 181 Å². The van der Waals surface area contributed by atoms with Gasteiger partial charge >= 0.3 is 5.97 Å². The van der Waals surface area contributed by atoms with Gasteiger partial charge in [0, 0.05) is 19.3 Å². The van der Waals surface area contributed by atoms with Gasteiger partial charge in [0.05, 0.1) is 27.4 Å². The zero-order chi connectivity index (χ0) is 21.2. The van der Waals surface area contributed by atoms with E-state index in [-0.39, 0.29) is 27.9 Å². The van der Waals surface area contributed by atoms with Gasteiger partial charge in [-0.3, -0.25) is 4.79 Å². The average molecular weight is 478 g/mol. The van der Waals surface area contributed by atoms with Gasteiger partial charge in [-0.15, -0.1) is 11.3 Å². The highest BCUT2D eigenvalue weighted by molar-refractivity contribution is 7.92. The number of ether oxygens (including phenoxy) is 1. The zero-order valence-corrected chi connectivity index (χ0v) is 18.4. The van der Waals surface area contributed by atoms with E-state index in [0.29, 0.717) is 23.1 Å². The van der Waals surface area contributed by atoms with Crippen molar-refractivity contribution < 1.29 is 22.7 Å². The van der Waals surface area contributed by atoms with E-state index in [1.54, 1.807) is 11.8 Å². The van der Waals surface area contributed by atoms with Crippen LogP contribution in [0.1, 0.15) is 23.7 Å². The second-order valence-corrected chi connectivity index (χ2v) is 10.2. The highest BCUT2D eigenvalue weighted by Crippen LogP contribution is 2.30. The Bertz CT molecular complexity index is 1040. The van der Waals surface area contributed by atoms with Crippen molar-refractivity contribution in [2.24, 2.45) is 5.92 Å². The maximum absolute atomic E-state index is 12.5. The Morgan fingerprint density at radius 2 is 2.14 bits per heavy atom. The van der Waals surface area contributed by atoms with Gasteiger partial charge in [-0.05, 0) is 31.5 Å². The number of hydrogen-bond donors (Lipinski definition) is 1. The second-order valence-electron chi connectivity index (χ2n) is 6.21. The summed E-state index contributed by atoms with van der Waals surface area (Å²) in [7, 11) is -3.96. The van der Waals surface area contributed by atoms with Crippen LogP contribution < -0.4 is 9.62 Å². The van der Waals surface area contributed by atoms with Crippen molar-refractivity contribution in [3.05, 3.63) is 39.3 Å². The first-order valence-corrected chi connectivity index (χ1v) is 11.7. The summed E-state index contributed by atoms with van der Waals surface area (Å²) in [5.74, 6) is -1.26. The van der Waals surface area contributed by atoms with Gasteiger partial charge in [0.2, 0.25) is 5.91 Å². The zero-order valence-electron chi connectivity index (χ0n) is 15.2. The summed E-state index contributed by atoms with van der Waals surface area (Å²) in [6.45, 7) is 2.65. The number of amides is 1. The second kappa shape index (κ2) is 8.86. The minimum absolute atomic E-state index is 0.0232. The summed E-state index contributed by atoms with van der Waals surface area (Å²) < 4.78 is 31.9. The van der Waals surface area contributed by atoms with E-state index in [9.17, 15) is 18.0 Å². The first-order chi connectivity index (χ1) is 13.7. The maximum Gasteiger partial charge on any atom is 0.339 e. The molecule has 1 amide bonds. The lowest BCUT2D eigenvalue weighted by Gasteiger charge is -2.19. The van der Waals surface area contributed by atoms with Crippen LogP contribution in [0.5, 0.6) is 0 Å². The van der Waals surface area contributed by atoms with E-state index in [4.69, 9.17) is 27.9 Å². The molecule has 0 aliphatic carbocycles. The van der Waals surface area contributed by atoms with E-state index < -0.39 is 27.8 Å². The minimum atomic E-state index is -3.96. The molecular weight excluding hydrogens is 461 g/mol. The first-order valence-electron chi connectivity index (χ1n) is 8.61. The van der Waals surface area contributed by atoms with Crippen LogP contribution >= 0.6 is 34.5 Å². The summed E-state index contributed by atoms with van der Waals surface area (Å²) in [5, 5.41) is 0.248. The number of carbonyl (C=O) groups excluding carboxylic acids is 2. The fourth-order valence-electron chi connectivity index (χ4n) is 2.86. The fourth-order valence-corrected chi connectivity index (χ4v) is 5.68. The molecule has 0 spiro atoms. The SMILES string of the molecule is CCOC(=O)c1cnc(N2CCC(C(=O)NS(=O)(=O)c3ccc(Cl)s3)C2)c(Cl)c1. The number of hydrogen-bond acceptors (Lipinski definition) is 8. The predicted molar refractivity (Wildman–Crippen MR) is 110 cm³/mol.